The van der Waals surface area contributed by atoms with Crippen molar-refractivity contribution in [1.82, 2.24) is 0 Å². The van der Waals surface area contributed by atoms with E-state index in [1.165, 1.54) is 19.3 Å². The molecule has 0 heterocycles. The fourth-order valence-corrected chi connectivity index (χ4v) is 2.58. The van der Waals surface area contributed by atoms with Gasteiger partial charge in [0, 0.05) is 22.1 Å². The zero-order valence-corrected chi connectivity index (χ0v) is 13.3. The SMILES string of the molecule is CCCCCC(C)Nc1cc([N+](=O)[O-])c(C)cc1Br. The molecule has 0 aliphatic carbocycles. The van der Waals surface area contributed by atoms with Gasteiger partial charge in [-0.25, -0.2) is 0 Å². The van der Waals surface area contributed by atoms with Crippen LogP contribution < -0.4 is 5.32 Å². The zero-order chi connectivity index (χ0) is 14.4. The molecule has 1 aromatic rings. The molecule has 0 spiro atoms. The second kappa shape index (κ2) is 7.48. The minimum atomic E-state index is -0.339. The number of nitrogens with zero attached hydrogens (tertiary/aromatic N) is 1. The van der Waals surface area contributed by atoms with E-state index in [9.17, 15) is 10.1 Å². The molecule has 0 amide bonds. The fraction of sp³-hybridized carbons (Fsp3) is 0.571. The maximum atomic E-state index is 10.9. The van der Waals surface area contributed by atoms with Gasteiger partial charge in [-0.2, -0.15) is 0 Å². The number of nitro benzene ring substituents is 1. The third-order valence-corrected chi connectivity index (χ3v) is 3.78. The summed E-state index contributed by atoms with van der Waals surface area (Å²) in [5.41, 5.74) is 1.62. The van der Waals surface area contributed by atoms with Crippen LogP contribution in [0.5, 0.6) is 0 Å². The molecule has 1 aromatic carbocycles. The molecule has 0 aliphatic heterocycles. The predicted octanol–water partition coefficient (Wildman–Crippen LogP) is 5.05. The van der Waals surface area contributed by atoms with E-state index in [0.717, 1.165) is 16.6 Å². The molecule has 1 N–H and O–H groups in total. The smallest absolute Gasteiger partial charge is 0.274 e. The van der Waals surface area contributed by atoms with E-state index in [0.29, 0.717) is 11.6 Å². The second-order valence-electron chi connectivity index (χ2n) is 4.92. The number of aryl methyl sites for hydroxylation is 1. The lowest BCUT2D eigenvalue weighted by Crippen LogP contribution is -2.15. The van der Waals surface area contributed by atoms with Crippen LogP contribution in [-0.4, -0.2) is 11.0 Å². The van der Waals surface area contributed by atoms with Crippen molar-refractivity contribution in [2.24, 2.45) is 0 Å². The molecule has 0 aromatic heterocycles. The van der Waals surface area contributed by atoms with Crippen molar-refractivity contribution in [3.63, 3.8) is 0 Å². The highest BCUT2D eigenvalue weighted by Crippen LogP contribution is 2.31. The number of anilines is 1. The summed E-state index contributed by atoms with van der Waals surface area (Å²) in [7, 11) is 0. The Labute approximate surface area is 122 Å². The third-order valence-electron chi connectivity index (χ3n) is 3.12. The molecule has 0 aliphatic rings. The van der Waals surface area contributed by atoms with Crippen molar-refractivity contribution < 1.29 is 4.92 Å². The summed E-state index contributed by atoms with van der Waals surface area (Å²) in [6.45, 7) is 6.03. The van der Waals surface area contributed by atoms with Crippen LogP contribution in [-0.2, 0) is 0 Å². The van der Waals surface area contributed by atoms with Gasteiger partial charge < -0.3 is 5.32 Å². The zero-order valence-electron chi connectivity index (χ0n) is 11.7. The molecular weight excluding hydrogens is 308 g/mol. The molecular formula is C14H21BrN2O2. The van der Waals surface area contributed by atoms with Crippen LogP contribution in [0.4, 0.5) is 11.4 Å². The Kier molecular flexibility index (Phi) is 6.28. The fourth-order valence-electron chi connectivity index (χ4n) is 2.01. The van der Waals surface area contributed by atoms with Crippen molar-refractivity contribution in [1.29, 1.82) is 0 Å². The molecule has 106 valence electrons. The van der Waals surface area contributed by atoms with Crippen LogP contribution in [0.2, 0.25) is 0 Å². The third kappa shape index (κ3) is 4.82. The van der Waals surface area contributed by atoms with Crippen molar-refractivity contribution >= 4 is 27.3 Å². The second-order valence-corrected chi connectivity index (χ2v) is 5.77. The van der Waals surface area contributed by atoms with Gasteiger partial charge in [-0.15, -0.1) is 0 Å². The maximum absolute atomic E-state index is 10.9. The Morgan fingerprint density at radius 3 is 2.68 bits per heavy atom. The number of nitrogens with one attached hydrogen (secondary N) is 1. The minimum absolute atomic E-state index is 0.159. The van der Waals surface area contributed by atoms with E-state index in [1.54, 1.807) is 19.1 Å². The van der Waals surface area contributed by atoms with Gasteiger partial charge in [-0.1, -0.05) is 26.2 Å². The lowest BCUT2D eigenvalue weighted by atomic mass is 10.1. The van der Waals surface area contributed by atoms with Crippen LogP contribution in [0.15, 0.2) is 16.6 Å². The Hall–Kier alpha value is -1.10. The first-order valence-electron chi connectivity index (χ1n) is 6.66. The van der Waals surface area contributed by atoms with Crippen LogP contribution in [0, 0.1) is 17.0 Å². The average Bonchev–Trinajstić information content (AvgIpc) is 2.32. The summed E-state index contributed by atoms with van der Waals surface area (Å²) in [6, 6.07) is 3.71. The summed E-state index contributed by atoms with van der Waals surface area (Å²) < 4.78 is 0.873. The van der Waals surface area contributed by atoms with Crippen molar-refractivity contribution in [3.05, 3.63) is 32.3 Å². The molecule has 0 bridgehead atoms. The predicted molar refractivity (Wildman–Crippen MR) is 82.8 cm³/mol. The molecule has 0 fully saturated rings. The Bertz CT molecular complexity index is 449. The molecule has 5 heteroatoms. The normalized spacial score (nSPS) is 12.2. The number of nitro groups is 1. The molecule has 0 radical (unpaired) electrons. The first-order valence-corrected chi connectivity index (χ1v) is 7.46. The van der Waals surface area contributed by atoms with Crippen LogP contribution >= 0.6 is 15.9 Å². The van der Waals surface area contributed by atoms with Crippen LogP contribution in [0.25, 0.3) is 0 Å². The van der Waals surface area contributed by atoms with E-state index in [4.69, 9.17) is 0 Å². The highest BCUT2D eigenvalue weighted by atomic mass is 79.9. The topological polar surface area (TPSA) is 55.2 Å². The number of unbranched alkanes of at least 4 members (excludes halogenated alkanes) is 2. The summed E-state index contributed by atoms with van der Waals surface area (Å²) in [4.78, 5) is 10.6. The highest BCUT2D eigenvalue weighted by Gasteiger charge is 2.15. The largest absolute Gasteiger partial charge is 0.381 e. The van der Waals surface area contributed by atoms with E-state index in [1.807, 2.05) is 0 Å². The van der Waals surface area contributed by atoms with Crippen molar-refractivity contribution in [3.8, 4) is 0 Å². The maximum Gasteiger partial charge on any atom is 0.274 e. The summed E-state index contributed by atoms with van der Waals surface area (Å²) in [5, 5.41) is 14.3. The first-order chi connectivity index (χ1) is 8.95. The average molecular weight is 329 g/mol. The van der Waals surface area contributed by atoms with Gasteiger partial charge in [0.1, 0.15) is 0 Å². The lowest BCUT2D eigenvalue weighted by molar-refractivity contribution is -0.385. The number of benzene rings is 1. The standard InChI is InChI=1S/C14H21BrN2O2/c1-4-5-6-7-11(3)16-13-9-14(17(18)19)10(2)8-12(13)15/h8-9,11,16H,4-7H2,1-3H3. The van der Waals surface area contributed by atoms with Gasteiger partial charge in [-0.05, 0) is 42.3 Å². The van der Waals surface area contributed by atoms with Gasteiger partial charge in [0.15, 0.2) is 0 Å². The summed E-state index contributed by atoms with van der Waals surface area (Å²) in [6.07, 6.45) is 4.67. The molecule has 1 atom stereocenters. The van der Waals surface area contributed by atoms with Crippen molar-refractivity contribution in [2.45, 2.75) is 52.5 Å². The molecule has 4 nitrogen and oxygen atoms in total. The lowest BCUT2D eigenvalue weighted by Gasteiger charge is -2.16. The Balaban J connectivity index is 2.77. The number of hydrogen-bond acceptors (Lipinski definition) is 3. The summed E-state index contributed by atoms with van der Waals surface area (Å²) in [5.74, 6) is 0. The van der Waals surface area contributed by atoms with E-state index in [-0.39, 0.29) is 10.6 Å². The van der Waals surface area contributed by atoms with E-state index in [2.05, 4.69) is 35.1 Å². The molecule has 1 rings (SSSR count). The Morgan fingerprint density at radius 2 is 2.11 bits per heavy atom. The molecule has 0 saturated carbocycles. The van der Waals surface area contributed by atoms with Crippen molar-refractivity contribution in [2.75, 3.05) is 5.32 Å². The molecule has 0 saturated heterocycles. The molecule has 19 heavy (non-hydrogen) atoms. The minimum Gasteiger partial charge on any atom is -0.381 e. The van der Waals surface area contributed by atoms with E-state index >= 15 is 0 Å². The quantitative estimate of drug-likeness (QED) is 0.433. The van der Waals surface area contributed by atoms with Gasteiger partial charge in [0.2, 0.25) is 0 Å². The van der Waals surface area contributed by atoms with E-state index < -0.39 is 0 Å². The van der Waals surface area contributed by atoms with Gasteiger partial charge in [0.25, 0.3) is 5.69 Å². The molecule has 1 unspecified atom stereocenters. The van der Waals surface area contributed by atoms with Gasteiger partial charge in [0.05, 0.1) is 10.6 Å². The van der Waals surface area contributed by atoms with Crippen LogP contribution in [0.3, 0.4) is 0 Å². The summed E-state index contributed by atoms with van der Waals surface area (Å²) >= 11 is 3.46. The number of halogens is 1. The van der Waals surface area contributed by atoms with Gasteiger partial charge in [-0.3, -0.25) is 10.1 Å². The monoisotopic (exact) mass is 328 g/mol. The first kappa shape index (κ1) is 16.0. The Morgan fingerprint density at radius 1 is 1.42 bits per heavy atom. The number of hydrogen-bond donors (Lipinski definition) is 1. The van der Waals surface area contributed by atoms with Crippen LogP contribution in [0.1, 0.15) is 45.1 Å². The number of rotatable bonds is 7. The highest BCUT2D eigenvalue weighted by molar-refractivity contribution is 9.10. The van der Waals surface area contributed by atoms with Gasteiger partial charge >= 0.3 is 0 Å².